The Balaban J connectivity index is 2.25. The van der Waals surface area contributed by atoms with Gasteiger partial charge in [0.15, 0.2) is 5.78 Å². The zero-order chi connectivity index (χ0) is 17.0. The van der Waals surface area contributed by atoms with Crippen molar-refractivity contribution in [3.05, 3.63) is 63.6 Å². The number of carbonyl (C=O) groups excluding carboxylic acids is 2. The van der Waals surface area contributed by atoms with Crippen LogP contribution in [-0.2, 0) is 11.3 Å². The highest BCUT2D eigenvalue weighted by molar-refractivity contribution is 5.97. The van der Waals surface area contributed by atoms with Crippen LogP contribution in [0.25, 0.3) is 0 Å². The number of amides is 1. The third-order valence-electron chi connectivity index (χ3n) is 3.34. The summed E-state index contributed by atoms with van der Waals surface area (Å²) in [5.41, 5.74) is 1.15. The summed E-state index contributed by atoms with van der Waals surface area (Å²) >= 11 is 0. The molecule has 1 aromatic carbocycles. The molecule has 0 unspecified atom stereocenters. The zero-order valence-electron chi connectivity index (χ0n) is 12.8. The monoisotopic (exact) mass is 309 g/mol. The van der Waals surface area contributed by atoms with Crippen LogP contribution in [0.5, 0.6) is 0 Å². The molecule has 0 fully saturated rings. The molecule has 6 nitrogen and oxygen atoms in total. The summed E-state index contributed by atoms with van der Waals surface area (Å²) in [6, 6.07) is 11.3. The second-order valence-corrected chi connectivity index (χ2v) is 5.07. The van der Waals surface area contributed by atoms with E-state index in [1.807, 2.05) is 6.07 Å². The SMILES string of the molecule is CC(=O)Nc1ccc(C(=O)Cn2c(C)ccc(C#N)c2=O)cc1. The van der Waals surface area contributed by atoms with Crippen molar-refractivity contribution in [3.8, 4) is 6.07 Å². The molecule has 0 bridgehead atoms. The number of nitrogens with zero attached hydrogens (tertiary/aromatic N) is 2. The molecule has 0 atom stereocenters. The van der Waals surface area contributed by atoms with Crippen molar-refractivity contribution < 1.29 is 9.59 Å². The third kappa shape index (κ3) is 3.71. The smallest absolute Gasteiger partial charge is 0.269 e. The van der Waals surface area contributed by atoms with Crippen LogP contribution in [0.2, 0.25) is 0 Å². The predicted octanol–water partition coefficient (Wildman–Crippen LogP) is 1.87. The van der Waals surface area contributed by atoms with E-state index in [1.54, 1.807) is 37.3 Å². The summed E-state index contributed by atoms with van der Waals surface area (Å²) in [6.07, 6.45) is 0. The van der Waals surface area contributed by atoms with Crippen molar-refractivity contribution in [2.24, 2.45) is 0 Å². The van der Waals surface area contributed by atoms with Crippen LogP contribution in [0.3, 0.4) is 0 Å². The number of hydrogen-bond acceptors (Lipinski definition) is 4. The van der Waals surface area contributed by atoms with E-state index >= 15 is 0 Å². The van der Waals surface area contributed by atoms with Gasteiger partial charge in [-0.05, 0) is 43.3 Å². The minimum absolute atomic E-state index is 0.00408. The first-order valence-electron chi connectivity index (χ1n) is 6.94. The lowest BCUT2D eigenvalue weighted by Gasteiger charge is -2.10. The largest absolute Gasteiger partial charge is 0.326 e. The van der Waals surface area contributed by atoms with Gasteiger partial charge in [-0.2, -0.15) is 5.26 Å². The number of nitrogens with one attached hydrogen (secondary N) is 1. The first kappa shape index (κ1) is 16.2. The molecule has 1 amide bonds. The number of pyridine rings is 1. The Morgan fingerprint density at radius 3 is 2.39 bits per heavy atom. The molecular weight excluding hydrogens is 294 g/mol. The van der Waals surface area contributed by atoms with Crippen LogP contribution in [-0.4, -0.2) is 16.3 Å². The van der Waals surface area contributed by atoms with Gasteiger partial charge >= 0.3 is 0 Å². The number of aromatic nitrogens is 1. The van der Waals surface area contributed by atoms with E-state index in [4.69, 9.17) is 5.26 Å². The summed E-state index contributed by atoms with van der Waals surface area (Å²) in [4.78, 5) is 35.4. The number of aryl methyl sites for hydroxylation is 1. The van der Waals surface area contributed by atoms with Crippen molar-refractivity contribution in [1.82, 2.24) is 4.57 Å². The van der Waals surface area contributed by atoms with Crippen molar-refractivity contribution >= 4 is 17.4 Å². The first-order valence-corrected chi connectivity index (χ1v) is 6.94. The maximum Gasteiger partial charge on any atom is 0.269 e. The zero-order valence-corrected chi connectivity index (χ0v) is 12.8. The average molecular weight is 309 g/mol. The van der Waals surface area contributed by atoms with Crippen LogP contribution in [0.4, 0.5) is 5.69 Å². The standard InChI is InChI=1S/C17H15N3O3/c1-11-3-4-14(9-18)17(23)20(11)10-16(22)13-5-7-15(8-6-13)19-12(2)21/h3-8H,10H2,1-2H3,(H,19,21). The van der Waals surface area contributed by atoms with E-state index in [2.05, 4.69) is 5.32 Å². The summed E-state index contributed by atoms with van der Waals surface area (Å²) < 4.78 is 1.28. The van der Waals surface area contributed by atoms with Gasteiger partial charge in [0, 0.05) is 23.9 Å². The fourth-order valence-electron chi connectivity index (χ4n) is 2.13. The first-order chi connectivity index (χ1) is 10.9. The minimum atomic E-state index is -0.476. The van der Waals surface area contributed by atoms with Gasteiger partial charge < -0.3 is 9.88 Å². The van der Waals surface area contributed by atoms with E-state index in [9.17, 15) is 14.4 Å². The topological polar surface area (TPSA) is 92.0 Å². The second kappa shape index (κ2) is 6.71. The molecule has 0 aliphatic heterocycles. The van der Waals surface area contributed by atoms with Gasteiger partial charge in [0.25, 0.3) is 5.56 Å². The highest BCUT2D eigenvalue weighted by atomic mass is 16.1. The molecule has 0 aliphatic rings. The Bertz CT molecular complexity index is 858. The van der Waals surface area contributed by atoms with Crippen LogP contribution in [0.15, 0.2) is 41.2 Å². The average Bonchev–Trinajstić information content (AvgIpc) is 2.51. The van der Waals surface area contributed by atoms with Gasteiger partial charge in [-0.1, -0.05) is 0 Å². The summed E-state index contributed by atoms with van der Waals surface area (Å²) in [6.45, 7) is 2.96. The molecule has 0 radical (unpaired) electrons. The lowest BCUT2D eigenvalue weighted by atomic mass is 10.1. The molecular formula is C17H15N3O3. The number of carbonyl (C=O) groups is 2. The highest BCUT2D eigenvalue weighted by Gasteiger charge is 2.12. The van der Waals surface area contributed by atoms with Crippen LogP contribution < -0.4 is 10.9 Å². The van der Waals surface area contributed by atoms with Crippen LogP contribution in [0, 0.1) is 18.3 Å². The molecule has 6 heteroatoms. The molecule has 1 heterocycles. The van der Waals surface area contributed by atoms with Crippen molar-refractivity contribution in [2.75, 3.05) is 5.32 Å². The number of nitriles is 1. The number of ketones is 1. The molecule has 23 heavy (non-hydrogen) atoms. The van der Waals surface area contributed by atoms with E-state index in [0.29, 0.717) is 16.9 Å². The predicted molar refractivity (Wildman–Crippen MR) is 85.2 cm³/mol. The molecule has 2 aromatic rings. The van der Waals surface area contributed by atoms with Gasteiger partial charge in [0.05, 0.1) is 6.54 Å². The van der Waals surface area contributed by atoms with Gasteiger partial charge in [0.2, 0.25) is 5.91 Å². The van der Waals surface area contributed by atoms with E-state index in [1.165, 1.54) is 17.6 Å². The maximum absolute atomic E-state index is 12.3. The Morgan fingerprint density at radius 2 is 1.83 bits per heavy atom. The Hall–Kier alpha value is -3.20. The fraction of sp³-hybridized carbons (Fsp3) is 0.176. The van der Waals surface area contributed by atoms with Crippen LogP contribution in [0.1, 0.15) is 28.5 Å². The van der Waals surface area contributed by atoms with Gasteiger partial charge in [-0.15, -0.1) is 0 Å². The fourth-order valence-corrected chi connectivity index (χ4v) is 2.13. The van der Waals surface area contributed by atoms with E-state index in [0.717, 1.165) is 0 Å². The number of benzene rings is 1. The van der Waals surface area contributed by atoms with Crippen molar-refractivity contribution in [3.63, 3.8) is 0 Å². The summed E-state index contributed by atoms with van der Waals surface area (Å²) in [5.74, 6) is -0.445. The molecule has 1 N–H and O–H groups in total. The van der Waals surface area contributed by atoms with Crippen molar-refractivity contribution in [1.29, 1.82) is 5.26 Å². The van der Waals surface area contributed by atoms with Crippen molar-refractivity contribution in [2.45, 2.75) is 20.4 Å². The summed E-state index contributed by atoms with van der Waals surface area (Å²) in [5, 5.41) is 11.5. The lowest BCUT2D eigenvalue weighted by molar-refractivity contribution is -0.114. The lowest BCUT2D eigenvalue weighted by Crippen LogP contribution is -2.27. The molecule has 0 aliphatic carbocycles. The van der Waals surface area contributed by atoms with Gasteiger partial charge in [-0.25, -0.2) is 0 Å². The van der Waals surface area contributed by atoms with E-state index in [-0.39, 0.29) is 23.8 Å². The second-order valence-electron chi connectivity index (χ2n) is 5.07. The Morgan fingerprint density at radius 1 is 1.17 bits per heavy atom. The summed E-state index contributed by atoms with van der Waals surface area (Å²) in [7, 11) is 0. The Labute approximate surface area is 133 Å². The maximum atomic E-state index is 12.3. The van der Waals surface area contributed by atoms with Crippen LogP contribution >= 0.6 is 0 Å². The number of hydrogen-bond donors (Lipinski definition) is 1. The Kier molecular flexibility index (Phi) is 4.72. The van der Waals surface area contributed by atoms with E-state index < -0.39 is 5.56 Å². The molecule has 0 spiro atoms. The molecule has 1 aromatic heterocycles. The number of rotatable bonds is 4. The number of Topliss-reactive ketones (excluding diaryl/α,β-unsaturated/α-hetero) is 1. The number of anilines is 1. The third-order valence-corrected chi connectivity index (χ3v) is 3.34. The quantitative estimate of drug-likeness (QED) is 0.873. The molecule has 0 saturated carbocycles. The molecule has 2 rings (SSSR count). The molecule has 116 valence electrons. The minimum Gasteiger partial charge on any atom is -0.326 e. The van der Waals surface area contributed by atoms with Gasteiger partial charge in [-0.3, -0.25) is 14.4 Å². The van der Waals surface area contributed by atoms with Gasteiger partial charge in [0.1, 0.15) is 11.6 Å². The highest BCUT2D eigenvalue weighted by Crippen LogP contribution is 2.11. The normalized spacial score (nSPS) is 9.96. The molecule has 0 saturated heterocycles.